The van der Waals surface area contributed by atoms with E-state index in [4.69, 9.17) is 23.4 Å². The normalized spacial score (nSPS) is 30.1. The summed E-state index contributed by atoms with van der Waals surface area (Å²) in [7, 11) is -2.07. The van der Waals surface area contributed by atoms with E-state index in [-0.39, 0.29) is 35.6 Å². The van der Waals surface area contributed by atoms with Crippen LogP contribution in [0, 0.1) is 0 Å². The lowest BCUT2D eigenvalue weighted by molar-refractivity contribution is -0.160. The van der Waals surface area contributed by atoms with Crippen molar-refractivity contribution in [2.45, 2.75) is 128 Å². The van der Waals surface area contributed by atoms with Gasteiger partial charge in [-0.1, -0.05) is 77.3 Å². The van der Waals surface area contributed by atoms with Crippen LogP contribution >= 0.6 is 0 Å². The van der Waals surface area contributed by atoms with E-state index in [1.807, 2.05) is 19.9 Å². The molecule has 0 amide bonds. The molecule has 3 rings (SSSR count). The van der Waals surface area contributed by atoms with Gasteiger partial charge in [-0.05, 0) is 44.0 Å². The van der Waals surface area contributed by atoms with E-state index < -0.39 is 14.1 Å². The first-order valence-electron chi connectivity index (χ1n) is 12.7. The number of benzene rings is 1. The molecule has 6 heteroatoms. The van der Waals surface area contributed by atoms with Crippen molar-refractivity contribution < 1.29 is 23.4 Å². The van der Waals surface area contributed by atoms with E-state index >= 15 is 0 Å². The van der Waals surface area contributed by atoms with Crippen LogP contribution in [0.15, 0.2) is 30.3 Å². The summed E-state index contributed by atoms with van der Waals surface area (Å²) >= 11 is 0. The van der Waals surface area contributed by atoms with Crippen LogP contribution in [0.1, 0.15) is 72.8 Å². The van der Waals surface area contributed by atoms with Crippen molar-refractivity contribution in [2.24, 2.45) is 0 Å². The van der Waals surface area contributed by atoms with Crippen molar-refractivity contribution in [3.63, 3.8) is 0 Å². The predicted molar refractivity (Wildman–Crippen MR) is 135 cm³/mol. The Morgan fingerprint density at radius 3 is 2.33 bits per heavy atom. The molecule has 1 aromatic carbocycles. The van der Waals surface area contributed by atoms with Gasteiger partial charge in [0.1, 0.15) is 24.4 Å². The number of ether oxygens (including phenoxy) is 4. The molecule has 33 heavy (non-hydrogen) atoms. The minimum atomic E-state index is -2.07. The molecular weight excluding hydrogens is 432 g/mol. The van der Waals surface area contributed by atoms with E-state index in [0.29, 0.717) is 13.2 Å². The summed E-state index contributed by atoms with van der Waals surface area (Å²) in [5.74, 6) is -0.601. The Labute approximate surface area is 202 Å². The molecule has 5 nitrogen and oxygen atoms in total. The van der Waals surface area contributed by atoms with Crippen LogP contribution in [0.25, 0.3) is 0 Å². The maximum Gasteiger partial charge on any atom is 0.192 e. The van der Waals surface area contributed by atoms with Crippen LogP contribution in [0.4, 0.5) is 0 Å². The largest absolute Gasteiger partial charge is 0.408 e. The standard InChI is InChI=1S/C27H46O5Si/c1-9-10-12-17-21-23(28-18-20-15-13-11-14-16-20)25(32-33(7,8)26(2,3)4)24(30-21)22-19-29-27(5,6)31-22/h11,13-16,21-25H,9-10,12,17-19H2,1-8H3/t21-,22-,23+,24+,25-/m0/s1. The molecule has 2 saturated heterocycles. The molecule has 2 heterocycles. The molecule has 0 spiro atoms. The van der Waals surface area contributed by atoms with Gasteiger partial charge in [-0.3, -0.25) is 0 Å². The summed E-state index contributed by atoms with van der Waals surface area (Å²) < 4.78 is 32.6. The number of unbranched alkanes of at least 4 members (excludes halogenated alkanes) is 2. The second kappa shape index (κ2) is 10.9. The molecule has 0 saturated carbocycles. The van der Waals surface area contributed by atoms with Gasteiger partial charge in [0.25, 0.3) is 0 Å². The highest BCUT2D eigenvalue weighted by Crippen LogP contribution is 2.43. The lowest BCUT2D eigenvalue weighted by Gasteiger charge is -2.41. The number of rotatable bonds is 10. The number of hydrogen-bond donors (Lipinski definition) is 0. The maximum absolute atomic E-state index is 7.05. The third-order valence-corrected chi connectivity index (χ3v) is 11.8. The van der Waals surface area contributed by atoms with Gasteiger partial charge in [0.2, 0.25) is 0 Å². The summed E-state index contributed by atoms with van der Waals surface area (Å²) in [6.07, 6.45) is 3.80. The first kappa shape index (κ1) is 26.8. The van der Waals surface area contributed by atoms with E-state index in [1.165, 1.54) is 18.4 Å². The molecule has 0 radical (unpaired) electrons. The van der Waals surface area contributed by atoms with E-state index in [1.54, 1.807) is 0 Å². The Morgan fingerprint density at radius 2 is 1.76 bits per heavy atom. The van der Waals surface area contributed by atoms with Crippen molar-refractivity contribution >= 4 is 8.32 Å². The van der Waals surface area contributed by atoms with Crippen LogP contribution < -0.4 is 0 Å². The van der Waals surface area contributed by atoms with Gasteiger partial charge >= 0.3 is 0 Å². The zero-order valence-electron chi connectivity index (χ0n) is 22.1. The summed E-state index contributed by atoms with van der Waals surface area (Å²) in [6.45, 7) is 18.7. The zero-order valence-corrected chi connectivity index (χ0v) is 23.1. The highest BCUT2D eigenvalue weighted by Gasteiger charge is 2.55. The van der Waals surface area contributed by atoms with Crippen molar-refractivity contribution in [3.8, 4) is 0 Å². The molecule has 188 valence electrons. The second-order valence-electron chi connectivity index (χ2n) is 11.6. The summed E-state index contributed by atoms with van der Waals surface area (Å²) in [5.41, 5.74) is 1.17. The molecule has 5 atom stereocenters. The van der Waals surface area contributed by atoms with Gasteiger partial charge in [0, 0.05) is 0 Å². The maximum atomic E-state index is 7.05. The molecule has 2 aliphatic heterocycles. The minimum absolute atomic E-state index is 0.00709. The summed E-state index contributed by atoms with van der Waals surface area (Å²) in [6, 6.07) is 10.4. The molecule has 0 unspecified atom stereocenters. The highest BCUT2D eigenvalue weighted by molar-refractivity contribution is 6.74. The van der Waals surface area contributed by atoms with Gasteiger partial charge in [-0.25, -0.2) is 0 Å². The fraction of sp³-hybridized carbons (Fsp3) is 0.778. The van der Waals surface area contributed by atoms with Gasteiger partial charge in [-0.2, -0.15) is 0 Å². The van der Waals surface area contributed by atoms with Gasteiger partial charge in [0.05, 0.1) is 19.3 Å². The van der Waals surface area contributed by atoms with Gasteiger partial charge in [-0.15, -0.1) is 0 Å². The first-order valence-corrected chi connectivity index (χ1v) is 15.6. The van der Waals surface area contributed by atoms with E-state index in [2.05, 4.69) is 65.1 Å². The monoisotopic (exact) mass is 478 g/mol. The Kier molecular flexibility index (Phi) is 8.85. The van der Waals surface area contributed by atoms with E-state index in [9.17, 15) is 0 Å². The average Bonchev–Trinajstić information content (AvgIpc) is 3.25. The summed E-state index contributed by atoms with van der Waals surface area (Å²) in [5, 5.41) is 0.0914. The predicted octanol–water partition coefficient (Wildman–Crippen LogP) is 6.46. The molecule has 0 N–H and O–H groups in total. The Morgan fingerprint density at radius 1 is 1.06 bits per heavy atom. The zero-order chi connectivity index (χ0) is 24.3. The van der Waals surface area contributed by atoms with Crippen molar-refractivity contribution in [1.82, 2.24) is 0 Å². The Bertz CT molecular complexity index is 730. The summed E-state index contributed by atoms with van der Waals surface area (Å²) in [4.78, 5) is 0. The van der Waals surface area contributed by atoms with Gasteiger partial charge < -0.3 is 23.4 Å². The van der Waals surface area contributed by atoms with Crippen LogP contribution in [0.5, 0.6) is 0 Å². The first-order chi connectivity index (χ1) is 15.4. The van der Waals surface area contributed by atoms with Crippen LogP contribution in [-0.2, 0) is 30.0 Å². The van der Waals surface area contributed by atoms with Crippen LogP contribution in [0.3, 0.4) is 0 Å². The molecule has 2 aliphatic rings. The Hall–Kier alpha value is -0.763. The van der Waals surface area contributed by atoms with Crippen LogP contribution in [0.2, 0.25) is 18.1 Å². The molecule has 0 bridgehead atoms. The third kappa shape index (κ3) is 6.89. The van der Waals surface area contributed by atoms with Crippen molar-refractivity contribution in [1.29, 1.82) is 0 Å². The Balaban J connectivity index is 1.87. The minimum Gasteiger partial charge on any atom is -0.408 e. The van der Waals surface area contributed by atoms with Gasteiger partial charge in [0.15, 0.2) is 14.1 Å². The highest BCUT2D eigenvalue weighted by atomic mass is 28.4. The topological polar surface area (TPSA) is 46.2 Å². The lowest BCUT2D eigenvalue weighted by atomic mass is 10.0. The molecule has 0 aromatic heterocycles. The fourth-order valence-corrected chi connectivity index (χ4v) is 5.68. The van der Waals surface area contributed by atoms with Crippen molar-refractivity contribution in [2.75, 3.05) is 6.61 Å². The molecular formula is C27H46O5Si. The average molecular weight is 479 g/mol. The second-order valence-corrected chi connectivity index (χ2v) is 16.4. The lowest BCUT2D eigenvalue weighted by Crippen LogP contribution is -2.52. The molecule has 0 aliphatic carbocycles. The fourth-order valence-electron chi connectivity index (χ4n) is 4.38. The molecule has 1 aromatic rings. The quantitative estimate of drug-likeness (QED) is 0.285. The van der Waals surface area contributed by atoms with Crippen LogP contribution in [-0.4, -0.2) is 51.2 Å². The number of hydrogen-bond acceptors (Lipinski definition) is 5. The SMILES string of the molecule is CCCCC[C@@H]1O[C@H]([C@@H]2COC(C)(C)O2)[C@@H](O[Si](C)(C)C(C)(C)C)[C@@H]1OCc1ccccc1. The molecule has 2 fully saturated rings. The third-order valence-electron chi connectivity index (χ3n) is 7.36. The smallest absolute Gasteiger partial charge is 0.192 e. The van der Waals surface area contributed by atoms with Crippen molar-refractivity contribution in [3.05, 3.63) is 35.9 Å². The van der Waals surface area contributed by atoms with E-state index in [0.717, 1.165) is 12.8 Å².